The van der Waals surface area contributed by atoms with Crippen LogP contribution in [-0.4, -0.2) is 23.8 Å². The first-order valence-electron chi connectivity index (χ1n) is 9.77. The molecule has 1 heterocycles. The summed E-state index contributed by atoms with van der Waals surface area (Å²) in [5, 5.41) is 7.86. The van der Waals surface area contributed by atoms with Gasteiger partial charge >= 0.3 is 0 Å². The third-order valence-electron chi connectivity index (χ3n) is 5.06. The van der Waals surface area contributed by atoms with Gasteiger partial charge in [0.05, 0.1) is 28.0 Å². The Morgan fingerprint density at radius 3 is 2.41 bits per heavy atom. The van der Waals surface area contributed by atoms with Crippen molar-refractivity contribution < 1.29 is 8.42 Å². The topological polar surface area (TPSA) is 131 Å². The third kappa shape index (κ3) is 4.23. The van der Waals surface area contributed by atoms with Gasteiger partial charge in [0.2, 0.25) is 0 Å². The molecule has 0 aliphatic carbocycles. The van der Waals surface area contributed by atoms with E-state index < -0.39 is 10.0 Å². The summed E-state index contributed by atoms with van der Waals surface area (Å²) in [6, 6.07) is 19.8. The normalized spacial score (nSPS) is 11.4. The van der Waals surface area contributed by atoms with Crippen LogP contribution < -0.4 is 16.0 Å². The van der Waals surface area contributed by atoms with Crippen LogP contribution in [0.15, 0.2) is 82.5 Å². The molecule has 0 unspecified atom stereocenters. The van der Waals surface area contributed by atoms with E-state index in [1.54, 1.807) is 60.0 Å². The molecule has 0 atom stereocenters. The van der Waals surface area contributed by atoms with Crippen molar-refractivity contribution in [3.63, 3.8) is 0 Å². The number of nitrogens with two attached hydrogens (primary N) is 1. The van der Waals surface area contributed by atoms with Gasteiger partial charge in [0, 0.05) is 5.56 Å². The third-order valence-corrected chi connectivity index (χ3v) is 6.45. The summed E-state index contributed by atoms with van der Waals surface area (Å²) >= 11 is 0. The Kier molecular flexibility index (Phi) is 5.50. The predicted octanol–water partition coefficient (Wildman–Crippen LogP) is 2.84. The maximum Gasteiger partial charge on any atom is 0.261 e. The van der Waals surface area contributed by atoms with Crippen molar-refractivity contribution >= 4 is 32.4 Å². The van der Waals surface area contributed by atoms with Crippen molar-refractivity contribution in [2.45, 2.75) is 18.4 Å². The molecular formula is C23H21N5O3S. The van der Waals surface area contributed by atoms with E-state index in [1.807, 2.05) is 12.1 Å². The number of nitrogens with zero attached hydrogens (tertiary/aromatic N) is 2. The van der Waals surface area contributed by atoms with Gasteiger partial charge in [-0.3, -0.25) is 19.5 Å². The lowest BCUT2D eigenvalue weighted by Gasteiger charge is -2.13. The maximum atomic E-state index is 13.1. The van der Waals surface area contributed by atoms with Crippen LogP contribution in [-0.2, 0) is 16.6 Å². The molecule has 1 aromatic heterocycles. The largest absolute Gasteiger partial charge is 0.384 e. The number of fused-ring (bicyclic) bond motifs is 1. The Morgan fingerprint density at radius 2 is 1.75 bits per heavy atom. The smallest absolute Gasteiger partial charge is 0.261 e. The number of rotatable bonds is 6. The highest BCUT2D eigenvalue weighted by molar-refractivity contribution is 7.92. The zero-order valence-corrected chi connectivity index (χ0v) is 18.1. The van der Waals surface area contributed by atoms with Crippen LogP contribution in [0.3, 0.4) is 0 Å². The predicted molar refractivity (Wildman–Crippen MR) is 125 cm³/mol. The molecule has 0 bridgehead atoms. The van der Waals surface area contributed by atoms with E-state index in [0.29, 0.717) is 34.5 Å². The summed E-state index contributed by atoms with van der Waals surface area (Å²) in [4.78, 5) is 17.7. The van der Waals surface area contributed by atoms with Gasteiger partial charge in [-0.1, -0.05) is 42.5 Å². The van der Waals surface area contributed by atoms with Crippen molar-refractivity contribution in [2.24, 2.45) is 5.73 Å². The summed E-state index contributed by atoms with van der Waals surface area (Å²) in [6.07, 6.45) is 0. The van der Waals surface area contributed by atoms with E-state index in [4.69, 9.17) is 11.1 Å². The number of amidine groups is 1. The number of benzene rings is 3. The summed E-state index contributed by atoms with van der Waals surface area (Å²) in [5.41, 5.74) is 7.47. The molecule has 0 aliphatic rings. The number of aryl methyl sites for hydroxylation is 1. The Balaban J connectivity index is 1.66. The molecule has 32 heavy (non-hydrogen) atoms. The molecule has 4 N–H and O–H groups in total. The van der Waals surface area contributed by atoms with E-state index in [9.17, 15) is 13.2 Å². The van der Waals surface area contributed by atoms with Crippen LogP contribution in [0.5, 0.6) is 0 Å². The van der Waals surface area contributed by atoms with Gasteiger partial charge in [0.1, 0.15) is 11.7 Å². The molecule has 4 aromatic rings. The van der Waals surface area contributed by atoms with E-state index in [1.165, 1.54) is 12.1 Å². The zero-order chi connectivity index (χ0) is 22.9. The average Bonchev–Trinajstić information content (AvgIpc) is 2.77. The highest BCUT2D eigenvalue weighted by Crippen LogP contribution is 2.20. The number of nitrogen functional groups attached to an aromatic ring is 1. The fourth-order valence-electron chi connectivity index (χ4n) is 3.37. The Bertz CT molecular complexity index is 1480. The molecule has 0 amide bonds. The molecule has 4 rings (SSSR count). The van der Waals surface area contributed by atoms with Crippen molar-refractivity contribution in [3.05, 3.63) is 100 Å². The quantitative estimate of drug-likeness (QED) is 0.309. The van der Waals surface area contributed by atoms with Gasteiger partial charge in [0.25, 0.3) is 15.6 Å². The molecule has 0 saturated heterocycles. The highest BCUT2D eigenvalue weighted by Gasteiger charge is 2.15. The lowest BCUT2D eigenvalue weighted by molar-refractivity contribution is 0.601. The standard InChI is InChI=1S/C23H21N5O3S/c1-15-26-21-13-18(27-32(30,31)19-5-3-2-4-6-19)11-12-20(21)23(29)28(15)14-16-7-9-17(10-8-16)22(24)25/h2-13,27H,14H2,1H3,(H3,24,25). The van der Waals surface area contributed by atoms with Crippen LogP contribution >= 0.6 is 0 Å². The van der Waals surface area contributed by atoms with Crippen molar-refractivity contribution in [1.29, 1.82) is 5.41 Å². The van der Waals surface area contributed by atoms with Gasteiger partial charge < -0.3 is 5.73 Å². The summed E-state index contributed by atoms with van der Waals surface area (Å²) in [5.74, 6) is 0.483. The lowest BCUT2D eigenvalue weighted by Crippen LogP contribution is -2.24. The second-order valence-corrected chi connectivity index (χ2v) is 8.99. The van der Waals surface area contributed by atoms with Gasteiger partial charge in [-0.05, 0) is 42.8 Å². The zero-order valence-electron chi connectivity index (χ0n) is 17.2. The van der Waals surface area contributed by atoms with Crippen molar-refractivity contribution in [1.82, 2.24) is 9.55 Å². The minimum absolute atomic E-state index is 0.0176. The molecule has 162 valence electrons. The Hall–Kier alpha value is -3.98. The van der Waals surface area contributed by atoms with Crippen LogP contribution in [0, 0.1) is 12.3 Å². The highest BCUT2D eigenvalue weighted by atomic mass is 32.2. The van der Waals surface area contributed by atoms with E-state index >= 15 is 0 Å². The van der Waals surface area contributed by atoms with E-state index in [-0.39, 0.29) is 16.3 Å². The van der Waals surface area contributed by atoms with Crippen LogP contribution in [0.1, 0.15) is 17.0 Å². The maximum absolute atomic E-state index is 13.1. The number of hydrogen-bond acceptors (Lipinski definition) is 5. The average molecular weight is 448 g/mol. The SMILES string of the molecule is Cc1nc2cc(NS(=O)(=O)c3ccccc3)ccc2c(=O)n1Cc1ccc(C(=N)N)cc1. The summed E-state index contributed by atoms with van der Waals surface area (Å²) in [6.45, 7) is 2.04. The van der Waals surface area contributed by atoms with Crippen LogP contribution in [0.2, 0.25) is 0 Å². The fraction of sp³-hybridized carbons (Fsp3) is 0.0870. The molecule has 3 aromatic carbocycles. The summed E-state index contributed by atoms with van der Waals surface area (Å²) in [7, 11) is -3.75. The number of nitrogens with one attached hydrogen (secondary N) is 2. The first-order chi connectivity index (χ1) is 15.2. The minimum Gasteiger partial charge on any atom is -0.384 e. The molecule has 0 spiro atoms. The second kappa shape index (κ2) is 8.27. The first-order valence-corrected chi connectivity index (χ1v) is 11.3. The number of hydrogen-bond donors (Lipinski definition) is 3. The fourth-order valence-corrected chi connectivity index (χ4v) is 4.44. The Morgan fingerprint density at radius 1 is 1.06 bits per heavy atom. The molecule has 8 nitrogen and oxygen atoms in total. The second-order valence-electron chi connectivity index (χ2n) is 7.31. The molecule has 0 fully saturated rings. The number of aromatic nitrogens is 2. The summed E-state index contributed by atoms with van der Waals surface area (Å²) < 4.78 is 29.2. The molecule has 0 aliphatic heterocycles. The minimum atomic E-state index is -3.75. The molecule has 0 radical (unpaired) electrons. The van der Waals surface area contributed by atoms with Crippen molar-refractivity contribution in [2.75, 3.05) is 4.72 Å². The van der Waals surface area contributed by atoms with Gasteiger partial charge in [-0.25, -0.2) is 13.4 Å². The van der Waals surface area contributed by atoms with E-state index in [2.05, 4.69) is 9.71 Å². The van der Waals surface area contributed by atoms with Gasteiger partial charge in [-0.15, -0.1) is 0 Å². The van der Waals surface area contributed by atoms with Gasteiger partial charge in [0.15, 0.2) is 0 Å². The van der Waals surface area contributed by atoms with Crippen molar-refractivity contribution in [3.8, 4) is 0 Å². The number of sulfonamides is 1. The molecule has 9 heteroatoms. The number of anilines is 1. The monoisotopic (exact) mass is 447 g/mol. The van der Waals surface area contributed by atoms with Gasteiger partial charge in [-0.2, -0.15) is 0 Å². The Labute approximate surface area is 184 Å². The van der Waals surface area contributed by atoms with E-state index in [0.717, 1.165) is 5.56 Å². The lowest BCUT2D eigenvalue weighted by atomic mass is 10.1. The van der Waals surface area contributed by atoms with Crippen LogP contribution in [0.4, 0.5) is 5.69 Å². The molecular weight excluding hydrogens is 426 g/mol. The molecule has 0 saturated carbocycles. The van der Waals surface area contributed by atoms with Crippen LogP contribution in [0.25, 0.3) is 10.9 Å². The first kappa shape index (κ1) is 21.3.